The van der Waals surface area contributed by atoms with E-state index in [1.807, 2.05) is 18.2 Å². The van der Waals surface area contributed by atoms with Gasteiger partial charge in [0, 0.05) is 6.54 Å². The molecule has 0 aliphatic carbocycles. The van der Waals surface area contributed by atoms with Gasteiger partial charge in [-0.25, -0.2) is 0 Å². The fourth-order valence-electron chi connectivity index (χ4n) is 1.99. The van der Waals surface area contributed by atoms with Crippen LogP contribution in [0.15, 0.2) is 42.5 Å². The minimum absolute atomic E-state index is 0.699. The van der Waals surface area contributed by atoms with Crippen LogP contribution in [0.25, 0.3) is 0 Å². The lowest BCUT2D eigenvalue weighted by Gasteiger charge is -2.13. The van der Waals surface area contributed by atoms with Crippen LogP contribution in [0.4, 0.5) is 11.4 Å². The van der Waals surface area contributed by atoms with Crippen molar-refractivity contribution in [2.45, 2.75) is 19.9 Å². The number of methoxy groups -OCH3 is 1. The summed E-state index contributed by atoms with van der Waals surface area (Å²) in [5, 5.41) is 3.34. The first kappa shape index (κ1) is 13.3. The molecule has 3 heteroatoms. The molecular formula is C16H20N2O. The molecule has 0 aliphatic heterocycles. The smallest absolute Gasteiger partial charge is 0.144 e. The van der Waals surface area contributed by atoms with Crippen molar-refractivity contribution in [3.63, 3.8) is 0 Å². The molecule has 0 atom stereocenters. The van der Waals surface area contributed by atoms with Gasteiger partial charge < -0.3 is 15.8 Å². The van der Waals surface area contributed by atoms with Gasteiger partial charge in [-0.3, -0.25) is 0 Å². The van der Waals surface area contributed by atoms with Crippen molar-refractivity contribution >= 4 is 11.4 Å². The Kier molecular flexibility index (Phi) is 4.29. The van der Waals surface area contributed by atoms with E-state index in [0.29, 0.717) is 5.69 Å². The highest BCUT2D eigenvalue weighted by Crippen LogP contribution is 2.30. The van der Waals surface area contributed by atoms with Crippen LogP contribution in [0.5, 0.6) is 5.75 Å². The number of nitrogens with two attached hydrogens (primary N) is 1. The number of hydrogen-bond acceptors (Lipinski definition) is 3. The first-order valence-corrected chi connectivity index (χ1v) is 6.48. The van der Waals surface area contributed by atoms with E-state index in [2.05, 4.69) is 36.5 Å². The quantitative estimate of drug-likeness (QED) is 0.805. The van der Waals surface area contributed by atoms with Gasteiger partial charge in [0.1, 0.15) is 11.4 Å². The summed E-state index contributed by atoms with van der Waals surface area (Å²) in [5.41, 5.74) is 10.1. The van der Waals surface area contributed by atoms with Gasteiger partial charge >= 0.3 is 0 Å². The zero-order valence-electron chi connectivity index (χ0n) is 11.4. The van der Waals surface area contributed by atoms with Crippen LogP contribution in [0, 0.1) is 0 Å². The second-order valence-electron chi connectivity index (χ2n) is 4.45. The van der Waals surface area contributed by atoms with E-state index in [9.17, 15) is 0 Å². The SMILES string of the molecule is CCc1ccc(CNc2c(N)cccc2OC)cc1. The number of rotatable bonds is 5. The molecule has 0 amide bonds. The van der Waals surface area contributed by atoms with E-state index in [1.54, 1.807) is 7.11 Å². The van der Waals surface area contributed by atoms with Gasteiger partial charge in [-0.2, -0.15) is 0 Å². The summed E-state index contributed by atoms with van der Waals surface area (Å²) in [6.45, 7) is 2.89. The average molecular weight is 256 g/mol. The second-order valence-corrected chi connectivity index (χ2v) is 4.45. The standard InChI is InChI=1S/C16H20N2O/c1-3-12-7-9-13(10-8-12)11-18-16-14(17)5-4-6-15(16)19-2/h4-10,18H,3,11,17H2,1-2H3. The van der Waals surface area contributed by atoms with Crippen molar-refractivity contribution in [2.75, 3.05) is 18.2 Å². The highest BCUT2D eigenvalue weighted by Gasteiger charge is 2.05. The molecular weight excluding hydrogens is 236 g/mol. The van der Waals surface area contributed by atoms with Gasteiger partial charge in [0.15, 0.2) is 0 Å². The lowest BCUT2D eigenvalue weighted by atomic mass is 10.1. The first-order valence-electron chi connectivity index (χ1n) is 6.48. The summed E-state index contributed by atoms with van der Waals surface area (Å²) in [5.74, 6) is 0.769. The zero-order chi connectivity index (χ0) is 13.7. The molecule has 2 aromatic carbocycles. The molecule has 19 heavy (non-hydrogen) atoms. The van der Waals surface area contributed by atoms with Crippen LogP contribution in [0.3, 0.4) is 0 Å². The summed E-state index contributed by atoms with van der Waals surface area (Å²) in [6.07, 6.45) is 1.06. The van der Waals surface area contributed by atoms with E-state index in [1.165, 1.54) is 11.1 Å². The Morgan fingerprint density at radius 3 is 2.37 bits per heavy atom. The van der Waals surface area contributed by atoms with Crippen LogP contribution in [-0.2, 0) is 13.0 Å². The number of anilines is 2. The van der Waals surface area contributed by atoms with E-state index in [-0.39, 0.29) is 0 Å². The van der Waals surface area contributed by atoms with Crippen molar-refractivity contribution in [3.8, 4) is 5.75 Å². The maximum Gasteiger partial charge on any atom is 0.144 e. The topological polar surface area (TPSA) is 47.3 Å². The molecule has 0 radical (unpaired) electrons. The minimum atomic E-state index is 0.699. The molecule has 3 N–H and O–H groups in total. The monoisotopic (exact) mass is 256 g/mol. The number of nitrogens with one attached hydrogen (secondary N) is 1. The van der Waals surface area contributed by atoms with Crippen molar-refractivity contribution in [3.05, 3.63) is 53.6 Å². The van der Waals surface area contributed by atoms with Crippen molar-refractivity contribution < 1.29 is 4.74 Å². The molecule has 0 unspecified atom stereocenters. The molecule has 0 fully saturated rings. The highest BCUT2D eigenvalue weighted by atomic mass is 16.5. The van der Waals surface area contributed by atoms with Gasteiger partial charge in [-0.15, -0.1) is 0 Å². The third-order valence-electron chi connectivity index (χ3n) is 3.18. The predicted octanol–water partition coefficient (Wildman–Crippen LogP) is 3.45. The Hall–Kier alpha value is -2.16. The molecule has 0 saturated carbocycles. The molecule has 2 aromatic rings. The first-order chi connectivity index (χ1) is 9.24. The number of para-hydroxylation sites is 1. The zero-order valence-corrected chi connectivity index (χ0v) is 11.4. The number of nitrogen functional groups attached to an aromatic ring is 1. The van der Waals surface area contributed by atoms with Gasteiger partial charge in [0.05, 0.1) is 12.8 Å². The summed E-state index contributed by atoms with van der Waals surface area (Å²) in [6, 6.07) is 14.2. The molecule has 3 nitrogen and oxygen atoms in total. The maximum absolute atomic E-state index is 5.96. The highest BCUT2D eigenvalue weighted by molar-refractivity contribution is 5.73. The van der Waals surface area contributed by atoms with E-state index < -0.39 is 0 Å². The number of hydrogen-bond donors (Lipinski definition) is 2. The number of benzene rings is 2. The summed E-state index contributed by atoms with van der Waals surface area (Å²) in [7, 11) is 1.65. The Morgan fingerprint density at radius 2 is 1.74 bits per heavy atom. The molecule has 0 bridgehead atoms. The lowest BCUT2D eigenvalue weighted by Crippen LogP contribution is -2.04. The van der Waals surface area contributed by atoms with Gasteiger partial charge in [0.25, 0.3) is 0 Å². The number of ether oxygens (including phenoxy) is 1. The van der Waals surface area contributed by atoms with E-state index in [4.69, 9.17) is 10.5 Å². The molecule has 0 aromatic heterocycles. The summed E-state index contributed by atoms with van der Waals surface area (Å²) >= 11 is 0. The van der Waals surface area contributed by atoms with Gasteiger partial charge in [-0.1, -0.05) is 37.3 Å². The molecule has 0 aliphatic rings. The van der Waals surface area contributed by atoms with Gasteiger partial charge in [-0.05, 0) is 29.7 Å². The van der Waals surface area contributed by atoms with Gasteiger partial charge in [0.2, 0.25) is 0 Å². The second kappa shape index (κ2) is 6.14. The van der Waals surface area contributed by atoms with Crippen LogP contribution in [-0.4, -0.2) is 7.11 Å². The maximum atomic E-state index is 5.96. The molecule has 100 valence electrons. The molecule has 0 saturated heterocycles. The van der Waals surface area contributed by atoms with Crippen LogP contribution < -0.4 is 15.8 Å². The Balaban J connectivity index is 2.09. The van der Waals surface area contributed by atoms with Crippen LogP contribution >= 0.6 is 0 Å². The molecule has 2 rings (SSSR count). The Morgan fingerprint density at radius 1 is 1.05 bits per heavy atom. The number of aryl methyl sites for hydroxylation is 1. The Bertz CT molecular complexity index is 535. The van der Waals surface area contributed by atoms with E-state index >= 15 is 0 Å². The van der Waals surface area contributed by atoms with Crippen molar-refractivity contribution in [2.24, 2.45) is 0 Å². The largest absolute Gasteiger partial charge is 0.495 e. The normalized spacial score (nSPS) is 10.2. The third kappa shape index (κ3) is 3.19. The molecule has 0 spiro atoms. The van der Waals surface area contributed by atoms with Crippen molar-refractivity contribution in [1.82, 2.24) is 0 Å². The Labute approximate surface area is 114 Å². The average Bonchev–Trinajstić information content (AvgIpc) is 2.46. The minimum Gasteiger partial charge on any atom is -0.495 e. The fraction of sp³-hybridized carbons (Fsp3) is 0.250. The third-order valence-corrected chi connectivity index (χ3v) is 3.18. The van der Waals surface area contributed by atoms with Crippen LogP contribution in [0.1, 0.15) is 18.1 Å². The fourth-order valence-corrected chi connectivity index (χ4v) is 1.99. The molecule has 0 heterocycles. The predicted molar refractivity (Wildman–Crippen MR) is 80.6 cm³/mol. The lowest BCUT2D eigenvalue weighted by molar-refractivity contribution is 0.416. The van der Waals surface area contributed by atoms with Crippen molar-refractivity contribution in [1.29, 1.82) is 0 Å². The van der Waals surface area contributed by atoms with E-state index in [0.717, 1.165) is 24.4 Å². The van der Waals surface area contributed by atoms with Crippen LogP contribution in [0.2, 0.25) is 0 Å². The summed E-state index contributed by atoms with van der Waals surface area (Å²) < 4.78 is 5.31. The summed E-state index contributed by atoms with van der Waals surface area (Å²) in [4.78, 5) is 0.